The fraction of sp³-hybridized carbons (Fsp3) is 0.273. The van der Waals surface area contributed by atoms with Crippen LogP contribution in [0.25, 0.3) is 0 Å². The number of nitrogens with two attached hydrogens (primary N) is 1. The van der Waals surface area contributed by atoms with E-state index in [0.29, 0.717) is 22.6 Å². The zero-order valence-corrected chi connectivity index (χ0v) is 17.9. The summed E-state index contributed by atoms with van der Waals surface area (Å²) in [6.07, 6.45) is 0. The van der Waals surface area contributed by atoms with Gasteiger partial charge in [-0.25, -0.2) is 9.59 Å². The first-order valence-electron chi connectivity index (χ1n) is 9.47. The summed E-state index contributed by atoms with van der Waals surface area (Å²) in [7, 11) is 0. The molecule has 2 rings (SSSR count). The highest BCUT2D eigenvalue weighted by atomic mass is 16.6. The molecular weight excluding hydrogens is 400 g/mol. The van der Waals surface area contributed by atoms with Crippen LogP contribution in [0.1, 0.15) is 42.3 Å². The Balaban J connectivity index is 1.92. The fourth-order valence-electron chi connectivity index (χ4n) is 2.51. The molecule has 164 valence electrons. The number of anilines is 1. The molecule has 5 N–H and O–H groups in total. The van der Waals surface area contributed by atoms with Crippen molar-refractivity contribution < 1.29 is 23.9 Å². The van der Waals surface area contributed by atoms with E-state index in [1.165, 1.54) is 24.3 Å². The van der Waals surface area contributed by atoms with E-state index in [1.807, 2.05) is 0 Å². The molecule has 0 heterocycles. The first-order valence-corrected chi connectivity index (χ1v) is 9.47. The van der Waals surface area contributed by atoms with Crippen molar-refractivity contribution in [2.45, 2.75) is 33.3 Å². The van der Waals surface area contributed by atoms with Crippen molar-refractivity contribution in [2.75, 3.05) is 11.9 Å². The maximum atomic E-state index is 12.2. The van der Waals surface area contributed by atoms with Crippen LogP contribution in [-0.4, -0.2) is 36.0 Å². The second-order valence-corrected chi connectivity index (χ2v) is 7.75. The van der Waals surface area contributed by atoms with E-state index < -0.39 is 23.5 Å². The number of hydrogen-bond acceptors (Lipinski definition) is 6. The number of carbonyl (C=O) groups excluding carboxylic acids is 3. The normalized spacial score (nSPS) is 10.7. The maximum absolute atomic E-state index is 12.2. The molecule has 0 atom stereocenters. The number of benzene rings is 2. The van der Waals surface area contributed by atoms with Crippen LogP contribution in [0.2, 0.25) is 0 Å². The number of imide groups is 1. The van der Waals surface area contributed by atoms with Crippen molar-refractivity contribution in [3.63, 3.8) is 0 Å². The molecule has 0 radical (unpaired) electrons. The van der Waals surface area contributed by atoms with E-state index in [4.69, 9.17) is 20.6 Å². The Morgan fingerprint density at radius 3 is 2.19 bits per heavy atom. The van der Waals surface area contributed by atoms with Crippen molar-refractivity contribution in [3.05, 3.63) is 59.2 Å². The number of nitrogens with one attached hydrogen (secondary N) is 3. The lowest BCUT2D eigenvalue weighted by Crippen LogP contribution is -2.34. The minimum atomic E-state index is -0.703. The number of amidine groups is 1. The number of urea groups is 1. The molecule has 2 aromatic carbocycles. The Labute approximate surface area is 180 Å². The molecule has 0 saturated carbocycles. The summed E-state index contributed by atoms with van der Waals surface area (Å²) in [5, 5.41) is 12.2. The topological polar surface area (TPSA) is 144 Å². The molecule has 0 unspecified atom stereocenters. The summed E-state index contributed by atoms with van der Waals surface area (Å²) >= 11 is 0. The molecule has 0 fully saturated rings. The average molecular weight is 426 g/mol. The molecule has 2 aromatic rings. The predicted molar refractivity (Wildman–Crippen MR) is 116 cm³/mol. The van der Waals surface area contributed by atoms with Crippen LogP contribution >= 0.6 is 0 Å². The largest absolute Gasteiger partial charge is 0.482 e. The Hall–Kier alpha value is -3.88. The van der Waals surface area contributed by atoms with Gasteiger partial charge in [0.05, 0.1) is 0 Å². The van der Waals surface area contributed by atoms with Gasteiger partial charge in [-0.2, -0.15) is 0 Å². The van der Waals surface area contributed by atoms with Gasteiger partial charge in [-0.1, -0.05) is 12.1 Å². The molecule has 0 saturated heterocycles. The number of rotatable bonds is 6. The Morgan fingerprint density at radius 2 is 1.65 bits per heavy atom. The molecule has 0 aliphatic carbocycles. The van der Waals surface area contributed by atoms with Crippen LogP contribution in [0.4, 0.5) is 10.5 Å². The third-order valence-electron chi connectivity index (χ3n) is 3.91. The molecule has 0 bridgehead atoms. The van der Waals surface area contributed by atoms with E-state index in [2.05, 4.69) is 10.6 Å². The van der Waals surface area contributed by atoms with Gasteiger partial charge in [0.15, 0.2) is 6.61 Å². The minimum Gasteiger partial charge on any atom is -0.482 e. The lowest BCUT2D eigenvalue weighted by molar-refractivity contribution is -0.157. The second kappa shape index (κ2) is 9.75. The van der Waals surface area contributed by atoms with Crippen LogP contribution in [0.15, 0.2) is 42.5 Å². The third-order valence-corrected chi connectivity index (χ3v) is 3.91. The molecule has 9 nitrogen and oxygen atoms in total. The number of amides is 3. The quantitative estimate of drug-likeness (QED) is 0.318. The first-order chi connectivity index (χ1) is 14.4. The summed E-state index contributed by atoms with van der Waals surface area (Å²) in [5.41, 5.74) is 6.66. The maximum Gasteiger partial charge on any atom is 0.344 e. The smallest absolute Gasteiger partial charge is 0.344 e. The second-order valence-electron chi connectivity index (χ2n) is 7.75. The van der Waals surface area contributed by atoms with E-state index in [1.54, 1.807) is 45.9 Å². The molecule has 0 aromatic heterocycles. The zero-order chi connectivity index (χ0) is 23.2. The fourth-order valence-corrected chi connectivity index (χ4v) is 2.51. The monoisotopic (exact) mass is 426 g/mol. The average Bonchev–Trinajstić information content (AvgIpc) is 2.67. The number of hydrogen-bond donors (Lipinski definition) is 4. The van der Waals surface area contributed by atoms with E-state index in [-0.39, 0.29) is 18.0 Å². The van der Waals surface area contributed by atoms with Gasteiger partial charge in [0.2, 0.25) is 0 Å². The van der Waals surface area contributed by atoms with Gasteiger partial charge in [0.1, 0.15) is 17.2 Å². The lowest BCUT2D eigenvalue weighted by Gasteiger charge is -2.19. The number of ether oxygens (including phenoxy) is 2. The summed E-state index contributed by atoms with van der Waals surface area (Å²) in [5.74, 6) is -0.751. The summed E-state index contributed by atoms with van der Waals surface area (Å²) in [6.45, 7) is 6.82. The van der Waals surface area contributed by atoms with Crippen molar-refractivity contribution in [3.8, 4) is 5.75 Å². The number of esters is 1. The Kier molecular flexibility index (Phi) is 7.36. The van der Waals surface area contributed by atoms with Crippen LogP contribution < -0.4 is 21.1 Å². The first kappa shape index (κ1) is 23.4. The molecule has 0 spiro atoms. The van der Waals surface area contributed by atoms with Crippen LogP contribution in [0.5, 0.6) is 5.75 Å². The highest BCUT2D eigenvalue weighted by Crippen LogP contribution is 2.21. The molecule has 0 aliphatic heterocycles. The highest BCUT2D eigenvalue weighted by molar-refractivity contribution is 6.08. The van der Waals surface area contributed by atoms with Crippen molar-refractivity contribution in [2.24, 2.45) is 5.73 Å². The molecule has 0 aliphatic rings. The van der Waals surface area contributed by atoms with E-state index in [0.717, 1.165) is 0 Å². The van der Waals surface area contributed by atoms with Crippen LogP contribution in [-0.2, 0) is 9.53 Å². The SMILES string of the molecule is Cc1cc(OCC(=O)OC(C)(C)C)ccc1NC(=O)NC(=O)c1ccc(C(=N)N)cc1. The van der Waals surface area contributed by atoms with E-state index in [9.17, 15) is 14.4 Å². The van der Waals surface area contributed by atoms with Crippen LogP contribution in [0, 0.1) is 12.3 Å². The van der Waals surface area contributed by atoms with Crippen molar-refractivity contribution in [1.82, 2.24) is 5.32 Å². The molecule has 3 amide bonds. The van der Waals surface area contributed by atoms with Gasteiger partial charge < -0.3 is 20.5 Å². The summed E-state index contributed by atoms with van der Waals surface area (Å²) in [6, 6.07) is 10.1. The number of nitrogen functional groups attached to an aromatic ring is 1. The summed E-state index contributed by atoms with van der Waals surface area (Å²) < 4.78 is 10.6. The number of aryl methyl sites for hydroxylation is 1. The number of carbonyl (C=O) groups is 3. The highest BCUT2D eigenvalue weighted by Gasteiger charge is 2.17. The standard InChI is InChI=1S/C22H26N4O5/c1-13-11-16(30-12-18(27)31-22(2,3)4)9-10-17(13)25-21(29)26-20(28)15-7-5-14(6-8-15)19(23)24/h5-11H,12H2,1-4H3,(H3,23,24)(H2,25,26,28,29). The van der Waals surface area contributed by atoms with Gasteiger partial charge in [-0.05, 0) is 63.6 Å². The van der Waals surface area contributed by atoms with Gasteiger partial charge in [0, 0.05) is 16.8 Å². The summed E-state index contributed by atoms with van der Waals surface area (Å²) in [4.78, 5) is 36.1. The Morgan fingerprint density at radius 1 is 1.03 bits per heavy atom. The zero-order valence-electron chi connectivity index (χ0n) is 17.9. The van der Waals surface area contributed by atoms with Crippen LogP contribution in [0.3, 0.4) is 0 Å². The van der Waals surface area contributed by atoms with Crippen molar-refractivity contribution in [1.29, 1.82) is 5.41 Å². The van der Waals surface area contributed by atoms with Gasteiger partial charge in [-0.3, -0.25) is 15.5 Å². The van der Waals surface area contributed by atoms with Gasteiger partial charge >= 0.3 is 12.0 Å². The Bertz CT molecular complexity index is 994. The lowest BCUT2D eigenvalue weighted by atomic mass is 10.1. The minimum absolute atomic E-state index is 0.112. The third kappa shape index (κ3) is 7.46. The van der Waals surface area contributed by atoms with Gasteiger partial charge in [-0.15, -0.1) is 0 Å². The predicted octanol–water partition coefficient (Wildman–Crippen LogP) is 2.96. The van der Waals surface area contributed by atoms with Gasteiger partial charge in [0.25, 0.3) is 5.91 Å². The van der Waals surface area contributed by atoms with E-state index >= 15 is 0 Å². The molecule has 31 heavy (non-hydrogen) atoms. The molecular formula is C22H26N4O5. The van der Waals surface area contributed by atoms with Crippen molar-refractivity contribution >= 4 is 29.4 Å². The molecule has 9 heteroatoms.